The molecule has 1 aromatic heterocycles. The Morgan fingerprint density at radius 2 is 2.29 bits per heavy atom. The van der Waals surface area contributed by atoms with E-state index in [4.69, 9.17) is 5.11 Å². The Kier molecular flexibility index (Phi) is 3.63. The molecule has 0 atom stereocenters. The van der Waals surface area contributed by atoms with E-state index in [1.165, 1.54) is 0 Å². The van der Waals surface area contributed by atoms with Crippen LogP contribution in [0.5, 0.6) is 0 Å². The number of aromatic nitrogens is 1. The predicted octanol–water partition coefficient (Wildman–Crippen LogP) is 1.32. The van der Waals surface area contributed by atoms with Crippen molar-refractivity contribution in [3.05, 3.63) is 29.6 Å². The van der Waals surface area contributed by atoms with Gasteiger partial charge >= 0.3 is 5.97 Å². The Labute approximate surface area is 84.0 Å². The summed E-state index contributed by atoms with van der Waals surface area (Å²) in [5, 5.41) is 8.74. The Morgan fingerprint density at radius 1 is 1.57 bits per heavy atom. The lowest BCUT2D eigenvalue weighted by molar-refractivity contribution is -0.703. The number of nitrogens with zero attached hydrogens (tertiary/aromatic N) is 1. The first-order chi connectivity index (χ1) is 6.63. The Bertz CT molecular complexity index is 334. The SMILES string of the molecule is CCC[n+]1ccc(C)cc1CC(=O)O. The average molecular weight is 194 g/mol. The second-order valence-electron chi connectivity index (χ2n) is 3.46. The fourth-order valence-electron chi connectivity index (χ4n) is 1.46. The number of hydrogen-bond donors (Lipinski definition) is 1. The molecule has 14 heavy (non-hydrogen) atoms. The first-order valence-corrected chi connectivity index (χ1v) is 4.84. The minimum Gasteiger partial charge on any atom is -0.481 e. The van der Waals surface area contributed by atoms with Gasteiger partial charge in [0.05, 0.1) is 0 Å². The van der Waals surface area contributed by atoms with Crippen molar-refractivity contribution in [1.82, 2.24) is 0 Å². The molecule has 1 N–H and O–H groups in total. The standard InChI is InChI=1S/C11H15NO2/c1-3-5-12-6-4-9(2)7-10(12)8-11(13)14/h4,6-7H,3,5,8H2,1-2H3/p+1. The molecule has 3 heteroatoms. The summed E-state index contributed by atoms with van der Waals surface area (Å²) in [7, 11) is 0. The molecule has 0 saturated heterocycles. The van der Waals surface area contributed by atoms with E-state index in [1.807, 2.05) is 29.8 Å². The van der Waals surface area contributed by atoms with Crippen molar-refractivity contribution in [2.75, 3.05) is 0 Å². The first kappa shape index (κ1) is 10.7. The van der Waals surface area contributed by atoms with Crippen molar-refractivity contribution >= 4 is 5.97 Å². The summed E-state index contributed by atoms with van der Waals surface area (Å²) in [5.41, 5.74) is 1.98. The maximum atomic E-state index is 10.6. The number of rotatable bonds is 4. The smallest absolute Gasteiger partial charge is 0.314 e. The van der Waals surface area contributed by atoms with Crippen LogP contribution in [0.25, 0.3) is 0 Å². The van der Waals surface area contributed by atoms with Crippen LogP contribution in [-0.2, 0) is 17.8 Å². The van der Waals surface area contributed by atoms with Crippen LogP contribution in [-0.4, -0.2) is 11.1 Å². The second kappa shape index (κ2) is 4.74. The van der Waals surface area contributed by atoms with Crippen molar-refractivity contribution in [1.29, 1.82) is 0 Å². The van der Waals surface area contributed by atoms with E-state index in [0.717, 1.165) is 24.2 Å². The Morgan fingerprint density at radius 3 is 2.86 bits per heavy atom. The van der Waals surface area contributed by atoms with Crippen LogP contribution in [0.3, 0.4) is 0 Å². The molecule has 1 aromatic rings. The van der Waals surface area contributed by atoms with Gasteiger partial charge in [0.25, 0.3) is 0 Å². The largest absolute Gasteiger partial charge is 0.481 e. The molecule has 0 amide bonds. The molecule has 1 rings (SSSR count). The van der Waals surface area contributed by atoms with E-state index in [1.54, 1.807) is 0 Å². The van der Waals surface area contributed by atoms with E-state index in [9.17, 15) is 4.79 Å². The number of aryl methyl sites for hydroxylation is 2. The van der Waals surface area contributed by atoms with Crippen molar-refractivity contribution < 1.29 is 14.5 Å². The lowest BCUT2D eigenvalue weighted by Crippen LogP contribution is -2.38. The maximum absolute atomic E-state index is 10.6. The highest BCUT2D eigenvalue weighted by Gasteiger charge is 2.13. The fraction of sp³-hybridized carbons (Fsp3) is 0.455. The van der Waals surface area contributed by atoms with Gasteiger partial charge in [0.15, 0.2) is 11.9 Å². The molecular formula is C11H16NO2+. The zero-order chi connectivity index (χ0) is 10.6. The zero-order valence-electron chi connectivity index (χ0n) is 8.66. The van der Waals surface area contributed by atoms with Gasteiger partial charge in [-0.1, -0.05) is 6.92 Å². The zero-order valence-corrected chi connectivity index (χ0v) is 8.66. The quantitative estimate of drug-likeness (QED) is 0.734. The molecule has 76 valence electrons. The number of aliphatic carboxylic acids is 1. The minimum atomic E-state index is -0.777. The molecule has 0 saturated carbocycles. The third-order valence-electron chi connectivity index (χ3n) is 2.08. The van der Waals surface area contributed by atoms with Crippen LogP contribution in [0, 0.1) is 6.92 Å². The van der Waals surface area contributed by atoms with E-state index in [-0.39, 0.29) is 6.42 Å². The van der Waals surface area contributed by atoms with Gasteiger partial charge in [-0.2, -0.15) is 0 Å². The van der Waals surface area contributed by atoms with E-state index in [0.29, 0.717) is 0 Å². The molecule has 0 bridgehead atoms. The van der Waals surface area contributed by atoms with Gasteiger partial charge < -0.3 is 5.11 Å². The van der Waals surface area contributed by atoms with E-state index >= 15 is 0 Å². The average Bonchev–Trinajstić information content (AvgIpc) is 2.09. The fourth-order valence-corrected chi connectivity index (χ4v) is 1.46. The summed E-state index contributed by atoms with van der Waals surface area (Å²) in [6.45, 7) is 4.93. The highest BCUT2D eigenvalue weighted by Crippen LogP contribution is 2.00. The van der Waals surface area contributed by atoms with Crippen LogP contribution in [0.4, 0.5) is 0 Å². The van der Waals surface area contributed by atoms with Crippen molar-refractivity contribution in [2.24, 2.45) is 0 Å². The summed E-state index contributed by atoms with van der Waals surface area (Å²) in [6.07, 6.45) is 3.07. The number of carbonyl (C=O) groups is 1. The van der Waals surface area contributed by atoms with Crippen molar-refractivity contribution in [3.8, 4) is 0 Å². The van der Waals surface area contributed by atoms with Crippen LogP contribution < -0.4 is 4.57 Å². The predicted molar refractivity (Wildman–Crippen MR) is 53.0 cm³/mol. The monoisotopic (exact) mass is 194 g/mol. The van der Waals surface area contributed by atoms with Crippen LogP contribution in [0.2, 0.25) is 0 Å². The molecule has 0 aliphatic heterocycles. The van der Waals surface area contributed by atoms with E-state index < -0.39 is 5.97 Å². The molecule has 0 aliphatic rings. The number of pyridine rings is 1. The summed E-state index contributed by atoms with van der Waals surface area (Å²) >= 11 is 0. The summed E-state index contributed by atoms with van der Waals surface area (Å²) in [6, 6.07) is 3.94. The Hall–Kier alpha value is -1.38. The van der Waals surface area contributed by atoms with Gasteiger partial charge in [-0.25, -0.2) is 4.57 Å². The van der Waals surface area contributed by atoms with Crippen LogP contribution >= 0.6 is 0 Å². The molecule has 0 fully saturated rings. The molecule has 0 aliphatic carbocycles. The van der Waals surface area contributed by atoms with Crippen LogP contribution in [0.1, 0.15) is 24.6 Å². The maximum Gasteiger partial charge on any atom is 0.314 e. The van der Waals surface area contributed by atoms with Gasteiger partial charge in [0.1, 0.15) is 13.0 Å². The highest BCUT2D eigenvalue weighted by molar-refractivity contribution is 5.69. The lowest BCUT2D eigenvalue weighted by atomic mass is 10.2. The third kappa shape index (κ3) is 2.83. The summed E-state index contributed by atoms with van der Waals surface area (Å²) < 4.78 is 2.00. The third-order valence-corrected chi connectivity index (χ3v) is 2.08. The van der Waals surface area contributed by atoms with Crippen molar-refractivity contribution in [2.45, 2.75) is 33.2 Å². The second-order valence-corrected chi connectivity index (χ2v) is 3.46. The van der Waals surface area contributed by atoms with Gasteiger partial charge in [0, 0.05) is 18.6 Å². The first-order valence-electron chi connectivity index (χ1n) is 4.84. The Balaban J connectivity index is 2.96. The molecule has 3 nitrogen and oxygen atoms in total. The molecule has 0 unspecified atom stereocenters. The highest BCUT2D eigenvalue weighted by atomic mass is 16.4. The van der Waals surface area contributed by atoms with Gasteiger partial charge in [-0.15, -0.1) is 0 Å². The summed E-state index contributed by atoms with van der Waals surface area (Å²) in [5.74, 6) is -0.777. The molecule has 1 heterocycles. The topological polar surface area (TPSA) is 41.2 Å². The van der Waals surface area contributed by atoms with Gasteiger partial charge in [-0.05, 0) is 12.5 Å². The molecule has 0 spiro atoms. The molecular weight excluding hydrogens is 178 g/mol. The van der Waals surface area contributed by atoms with Gasteiger partial charge in [0.2, 0.25) is 0 Å². The normalized spacial score (nSPS) is 10.1. The number of carboxylic acid groups (broad SMARTS) is 1. The van der Waals surface area contributed by atoms with Crippen LogP contribution in [0.15, 0.2) is 18.3 Å². The lowest BCUT2D eigenvalue weighted by Gasteiger charge is -2.01. The molecule has 0 radical (unpaired) electrons. The molecule has 0 aromatic carbocycles. The minimum absolute atomic E-state index is 0.0989. The number of carboxylic acids is 1. The summed E-state index contributed by atoms with van der Waals surface area (Å²) in [4.78, 5) is 10.6. The number of hydrogen-bond acceptors (Lipinski definition) is 1. The van der Waals surface area contributed by atoms with Crippen molar-refractivity contribution in [3.63, 3.8) is 0 Å². The van der Waals surface area contributed by atoms with Gasteiger partial charge in [-0.3, -0.25) is 4.79 Å². The van der Waals surface area contributed by atoms with E-state index in [2.05, 4.69) is 6.92 Å².